The molecule has 0 atom stereocenters. The van der Waals surface area contributed by atoms with Gasteiger partial charge in [-0.25, -0.2) is 0 Å². The molecule has 0 bridgehead atoms. The summed E-state index contributed by atoms with van der Waals surface area (Å²) in [5.41, 5.74) is 8.32. The van der Waals surface area contributed by atoms with Crippen LogP contribution in [0.3, 0.4) is 0 Å². The van der Waals surface area contributed by atoms with Gasteiger partial charge < -0.3 is 15.0 Å². The van der Waals surface area contributed by atoms with Gasteiger partial charge in [-0.1, -0.05) is 18.2 Å². The molecule has 1 saturated heterocycles. The molecule has 2 aromatic rings. The fourth-order valence-electron chi connectivity index (χ4n) is 2.68. The van der Waals surface area contributed by atoms with Crippen molar-refractivity contribution in [2.24, 2.45) is 12.8 Å². The molecule has 0 aliphatic carbocycles. The van der Waals surface area contributed by atoms with Crippen molar-refractivity contribution in [2.75, 3.05) is 6.54 Å². The molecular weight excluding hydrogens is 289 g/mol. The van der Waals surface area contributed by atoms with E-state index in [2.05, 4.69) is 29.4 Å². The molecule has 1 aromatic carbocycles. The zero-order valence-electron chi connectivity index (χ0n) is 14.5. The van der Waals surface area contributed by atoms with Gasteiger partial charge in [-0.05, 0) is 44.8 Å². The van der Waals surface area contributed by atoms with Gasteiger partial charge in [0.15, 0.2) is 0 Å². The van der Waals surface area contributed by atoms with Crippen LogP contribution < -0.4 is 5.73 Å². The van der Waals surface area contributed by atoms with E-state index < -0.39 is 7.12 Å². The predicted octanol–water partition coefficient (Wildman–Crippen LogP) is 2.55. The van der Waals surface area contributed by atoms with E-state index in [0.29, 0.717) is 6.54 Å². The summed E-state index contributed by atoms with van der Waals surface area (Å²) in [7, 11) is 1.53. The Hall–Kier alpha value is -1.63. The van der Waals surface area contributed by atoms with Crippen LogP contribution in [0.15, 0.2) is 29.9 Å². The summed E-state index contributed by atoms with van der Waals surface area (Å²) in [4.78, 5) is 0. The van der Waals surface area contributed by atoms with Crippen LogP contribution in [0.25, 0.3) is 17.0 Å². The standard InChI is InChI=1S/C17H24BN3O2/c1-16(2)17(3,4)23-18(22-16)14(10-19)8-12-6-7-13-11-20-21(5)15(13)9-12/h6-9,11H,10,19H2,1-5H3. The molecule has 0 radical (unpaired) electrons. The maximum absolute atomic E-state index is 6.10. The van der Waals surface area contributed by atoms with Crippen LogP contribution in [-0.2, 0) is 16.4 Å². The first-order valence-electron chi connectivity index (χ1n) is 7.91. The summed E-state index contributed by atoms with van der Waals surface area (Å²) in [5, 5.41) is 5.39. The number of nitrogens with zero attached hydrogens (tertiary/aromatic N) is 2. The Morgan fingerprint density at radius 1 is 1.26 bits per heavy atom. The Balaban J connectivity index is 1.93. The summed E-state index contributed by atoms with van der Waals surface area (Å²) in [5.74, 6) is 0. The number of aromatic nitrogens is 2. The zero-order chi connectivity index (χ0) is 16.8. The third-order valence-electron chi connectivity index (χ3n) is 4.92. The van der Waals surface area contributed by atoms with Crippen molar-refractivity contribution in [3.05, 3.63) is 35.4 Å². The molecule has 1 aromatic heterocycles. The first-order valence-corrected chi connectivity index (χ1v) is 7.91. The van der Waals surface area contributed by atoms with Crippen molar-refractivity contribution < 1.29 is 9.31 Å². The second-order valence-corrected chi connectivity index (χ2v) is 7.10. The van der Waals surface area contributed by atoms with E-state index in [0.717, 1.165) is 21.9 Å². The molecule has 0 saturated carbocycles. The summed E-state index contributed by atoms with van der Waals surface area (Å²) in [6.45, 7) is 8.57. The molecular formula is C17H24BN3O2. The summed E-state index contributed by atoms with van der Waals surface area (Å²) >= 11 is 0. The zero-order valence-corrected chi connectivity index (χ0v) is 14.5. The Labute approximate surface area is 137 Å². The van der Waals surface area contributed by atoms with E-state index in [4.69, 9.17) is 15.0 Å². The van der Waals surface area contributed by atoms with E-state index in [1.54, 1.807) is 0 Å². The molecule has 0 unspecified atom stereocenters. The number of hydrogen-bond donors (Lipinski definition) is 1. The number of rotatable bonds is 3. The minimum absolute atomic E-state index is 0.363. The summed E-state index contributed by atoms with van der Waals surface area (Å²) < 4.78 is 14.1. The average Bonchev–Trinajstić information content (AvgIpc) is 2.94. The molecule has 2 N–H and O–H groups in total. The number of benzene rings is 1. The lowest BCUT2D eigenvalue weighted by atomic mass is 9.77. The highest BCUT2D eigenvalue weighted by Crippen LogP contribution is 2.38. The van der Waals surface area contributed by atoms with Gasteiger partial charge in [0, 0.05) is 19.0 Å². The fraction of sp³-hybridized carbons (Fsp3) is 0.471. The maximum Gasteiger partial charge on any atom is 0.491 e. The van der Waals surface area contributed by atoms with Crippen LogP contribution in [0.5, 0.6) is 0 Å². The molecule has 1 aliphatic heterocycles. The van der Waals surface area contributed by atoms with Crippen molar-refractivity contribution in [3.63, 3.8) is 0 Å². The van der Waals surface area contributed by atoms with E-state index in [-0.39, 0.29) is 11.2 Å². The summed E-state index contributed by atoms with van der Waals surface area (Å²) in [6.07, 6.45) is 3.91. The minimum atomic E-state index is -0.410. The monoisotopic (exact) mass is 313 g/mol. The van der Waals surface area contributed by atoms with Crippen LogP contribution >= 0.6 is 0 Å². The summed E-state index contributed by atoms with van der Waals surface area (Å²) in [6, 6.07) is 6.22. The SMILES string of the molecule is Cn1ncc2ccc(C=C(CN)B3OC(C)(C)C(C)(C)O3)cc21. The molecule has 122 valence electrons. The van der Waals surface area contributed by atoms with Gasteiger partial charge in [0.25, 0.3) is 0 Å². The van der Waals surface area contributed by atoms with Gasteiger partial charge in [0.1, 0.15) is 0 Å². The van der Waals surface area contributed by atoms with E-state index in [1.165, 1.54) is 0 Å². The molecule has 23 heavy (non-hydrogen) atoms. The fourth-order valence-corrected chi connectivity index (χ4v) is 2.68. The average molecular weight is 313 g/mol. The van der Waals surface area contributed by atoms with E-state index in [1.807, 2.05) is 45.6 Å². The topological polar surface area (TPSA) is 62.3 Å². The van der Waals surface area contributed by atoms with E-state index in [9.17, 15) is 0 Å². The lowest BCUT2D eigenvalue weighted by Crippen LogP contribution is -2.41. The lowest BCUT2D eigenvalue weighted by Gasteiger charge is -2.32. The number of fused-ring (bicyclic) bond motifs is 1. The van der Waals surface area contributed by atoms with Crippen LogP contribution in [-0.4, -0.2) is 34.6 Å². The molecule has 0 spiro atoms. The molecule has 1 fully saturated rings. The Bertz CT molecular complexity index is 748. The number of nitrogens with two attached hydrogens (primary N) is 1. The normalized spacial score (nSPS) is 20.4. The predicted molar refractivity (Wildman–Crippen MR) is 93.8 cm³/mol. The van der Waals surface area contributed by atoms with Gasteiger partial charge in [-0.3, -0.25) is 4.68 Å². The molecule has 5 nitrogen and oxygen atoms in total. The minimum Gasteiger partial charge on any atom is -0.400 e. The maximum atomic E-state index is 6.10. The van der Waals surface area contributed by atoms with E-state index >= 15 is 0 Å². The number of hydrogen-bond acceptors (Lipinski definition) is 4. The first-order chi connectivity index (χ1) is 10.7. The molecule has 6 heteroatoms. The second-order valence-electron chi connectivity index (χ2n) is 7.10. The van der Waals surface area contributed by atoms with Gasteiger partial charge in [0.2, 0.25) is 0 Å². The van der Waals surface area contributed by atoms with Gasteiger partial charge in [-0.15, -0.1) is 0 Å². The quantitative estimate of drug-likeness (QED) is 0.885. The van der Waals surface area contributed by atoms with Crippen molar-refractivity contribution in [3.8, 4) is 0 Å². The molecule has 1 aliphatic rings. The van der Waals surface area contributed by atoms with Gasteiger partial charge in [-0.2, -0.15) is 5.10 Å². The second kappa shape index (κ2) is 5.48. The smallest absolute Gasteiger partial charge is 0.400 e. The first kappa shape index (κ1) is 16.2. The Kier molecular flexibility index (Phi) is 3.87. The highest BCUT2D eigenvalue weighted by atomic mass is 16.7. The highest BCUT2D eigenvalue weighted by Gasteiger charge is 2.52. The largest absolute Gasteiger partial charge is 0.491 e. The van der Waals surface area contributed by atoms with Crippen molar-refractivity contribution in [2.45, 2.75) is 38.9 Å². The Morgan fingerprint density at radius 3 is 2.52 bits per heavy atom. The molecule has 3 rings (SSSR count). The van der Waals surface area contributed by atoms with Gasteiger partial charge in [0.05, 0.1) is 22.9 Å². The molecule has 0 amide bonds. The van der Waals surface area contributed by atoms with Gasteiger partial charge >= 0.3 is 7.12 Å². The highest BCUT2D eigenvalue weighted by molar-refractivity contribution is 6.55. The van der Waals surface area contributed by atoms with Crippen LogP contribution in [0.2, 0.25) is 0 Å². The van der Waals surface area contributed by atoms with Crippen LogP contribution in [0.4, 0.5) is 0 Å². The van der Waals surface area contributed by atoms with Crippen LogP contribution in [0.1, 0.15) is 33.3 Å². The third-order valence-corrected chi connectivity index (χ3v) is 4.92. The van der Waals surface area contributed by atoms with Crippen molar-refractivity contribution in [1.29, 1.82) is 0 Å². The lowest BCUT2D eigenvalue weighted by molar-refractivity contribution is 0.00578. The Morgan fingerprint density at radius 2 is 1.91 bits per heavy atom. The van der Waals surface area contributed by atoms with Crippen LogP contribution in [0, 0.1) is 0 Å². The third kappa shape index (κ3) is 2.82. The van der Waals surface area contributed by atoms with Crippen molar-refractivity contribution in [1.82, 2.24) is 9.78 Å². The van der Waals surface area contributed by atoms with Crippen molar-refractivity contribution >= 4 is 24.1 Å². The number of aryl methyl sites for hydroxylation is 1. The molecule has 2 heterocycles.